The van der Waals surface area contributed by atoms with E-state index in [1.54, 1.807) is 6.92 Å². The molecular weight excluding hydrogens is 182 g/mol. The average molecular weight is 195 g/mol. The summed E-state index contributed by atoms with van der Waals surface area (Å²) in [5.74, 6) is 0.847. The average Bonchev–Trinajstić information content (AvgIpc) is 2.88. The van der Waals surface area contributed by atoms with Crippen molar-refractivity contribution >= 4 is 5.97 Å². The van der Waals surface area contributed by atoms with Crippen molar-refractivity contribution in [2.24, 2.45) is 5.92 Å². The number of hydrogen-bond acceptors (Lipinski definition) is 3. The van der Waals surface area contributed by atoms with E-state index in [4.69, 9.17) is 9.52 Å². The Bertz CT molecular complexity index is 365. The molecule has 1 N–H and O–H groups in total. The number of carboxylic acids is 1. The lowest BCUT2D eigenvalue weighted by Gasteiger charge is -2.02. The number of hydrogen-bond donors (Lipinski definition) is 1. The maximum atomic E-state index is 10.7. The first-order chi connectivity index (χ1) is 6.59. The van der Waals surface area contributed by atoms with Crippen LogP contribution >= 0.6 is 0 Å². The van der Waals surface area contributed by atoms with Crippen LogP contribution in [0.5, 0.6) is 0 Å². The quantitative estimate of drug-likeness (QED) is 0.803. The van der Waals surface area contributed by atoms with Gasteiger partial charge in [0.15, 0.2) is 11.6 Å². The molecule has 0 spiro atoms. The fraction of sp³-hybridized carbons (Fsp3) is 0.600. The molecule has 14 heavy (non-hydrogen) atoms. The summed E-state index contributed by atoms with van der Waals surface area (Å²) in [4.78, 5) is 14.7. The number of nitrogens with zero attached hydrogens (tertiary/aromatic N) is 1. The van der Waals surface area contributed by atoms with Gasteiger partial charge >= 0.3 is 5.97 Å². The van der Waals surface area contributed by atoms with E-state index in [1.165, 1.54) is 12.8 Å². The Kier molecular flexibility index (Phi) is 2.06. The monoisotopic (exact) mass is 195 g/mol. The lowest BCUT2D eigenvalue weighted by atomic mass is 10.1. The van der Waals surface area contributed by atoms with Gasteiger partial charge in [-0.1, -0.05) is 6.92 Å². The fourth-order valence-electron chi connectivity index (χ4n) is 1.61. The summed E-state index contributed by atoms with van der Waals surface area (Å²) in [5, 5.41) is 8.79. The van der Waals surface area contributed by atoms with Gasteiger partial charge in [0.25, 0.3) is 0 Å². The van der Waals surface area contributed by atoms with E-state index in [9.17, 15) is 4.79 Å². The Labute approximate surface area is 81.9 Å². The summed E-state index contributed by atoms with van der Waals surface area (Å²) < 4.78 is 5.35. The third-order valence-corrected chi connectivity index (χ3v) is 2.73. The van der Waals surface area contributed by atoms with E-state index in [-0.39, 0.29) is 11.6 Å². The molecule has 0 aliphatic heterocycles. The molecule has 0 amide bonds. The molecule has 1 heterocycles. The van der Waals surface area contributed by atoms with Gasteiger partial charge in [0.05, 0.1) is 0 Å². The highest BCUT2D eigenvalue weighted by atomic mass is 16.4. The molecule has 4 nitrogen and oxygen atoms in total. The second-order valence-electron chi connectivity index (χ2n) is 3.89. The molecule has 76 valence electrons. The smallest absolute Gasteiger partial charge is 0.358 e. The fourth-order valence-corrected chi connectivity index (χ4v) is 1.61. The zero-order valence-corrected chi connectivity index (χ0v) is 8.28. The SMILES string of the molecule is Cc1oc(C(C)C2CC2)nc1C(=O)O. The zero-order valence-electron chi connectivity index (χ0n) is 8.28. The van der Waals surface area contributed by atoms with E-state index in [0.717, 1.165) is 0 Å². The lowest BCUT2D eigenvalue weighted by molar-refractivity contribution is 0.0689. The lowest BCUT2D eigenvalue weighted by Crippen LogP contribution is -2.00. The Morgan fingerprint density at radius 1 is 1.64 bits per heavy atom. The van der Waals surface area contributed by atoms with Crippen molar-refractivity contribution in [1.29, 1.82) is 0 Å². The molecule has 1 saturated carbocycles. The minimum absolute atomic E-state index is 0.0486. The van der Waals surface area contributed by atoms with Crippen LogP contribution in [0.1, 0.15) is 47.8 Å². The number of carbonyl (C=O) groups is 1. The molecule has 0 saturated heterocycles. The molecule has 1 fully saturated rings. The maximum absolute atomic E-state index is 10.7. The Hall–Kier alpha value is -1.32. The van der Waals surface area contributed by atoms with Crippen molar-refractivity contribution in [2.75, 3.05) is 0 Å². The van der Waals surface area contributed by atoms with Gasteiger partial charge in [-0.3, -0.25) is 0 Å². The van der Waals surface area contributed by atoms with Gasteiger partial charge in [0.1, 0.15) is 5.76 Å². The van der Waals surface area contributed by atoms with E-state index in [2.05, 4.69) is 4.98 Å². The summed E-state index contributed by atoms with van der Waals surface area (Å²) in [5.41, 5.74) is 0.0486. The minimum Gasteiger partial charge on any atom is -0.476 e. The topological polar surface area (TPSA) is 63.3 Å². The summed E-state index contributed by atoms with van der Waals surface area (Å²) >= 11 is 0. The van der Waals surface area contributed by atoms with E-state index >= 15 is 0 Å². The van der Waals surface area contributed by atoms with Crippen molar-refractivity contribution in [3.63, 3.8) is 0 Å². The molecule has 2 rings (SSSR count). The van der Waals surface area contributed by atoms with Gasteiger partial charge in [-0.15, -0.1) is 0 Å². The number of rotatable bonds is 3. The van der Waals surface area contributed by atoms with Gasteiger partial charge < -0.3 is 9.52 Å². The van der Waals surface area contributed by atoms with Crippen molar-refractivity contribution in [3.8, 4) is 0 Å². The molecule has 1 unspecified atom stereocenters. The molecule has 1 atom stereocenters. The van der Waals surface area contributed by atoms with Crippen LogP contribution in [0.15, 0.2) is 4.42 Å². The molecule has 1 aliphatic rings. The molecule has 0 aromatic carbocycles. The molecule has 0 bridgehead atoms. The standard InChI is InChI=1S/C10H13NO3/c1-5(7-3-4-7)9-11-8(10(12)13)6(2)14-9/h5,7H,3-4H2,1-2H3,(H,12,13). The zero-order chi connectivity index (χ0) is 10.3. The summed E-state index contributed by atoms with van der Waals surface area (Å²) in [7, 11) is 0. The van der Waals surface area contributed by atoms with Crippen LogP contribution in [0.2, 0.25) is 0 Å². The number of oxazole rings is 1. The van der Waals surface area contributed by atoms with Crippen LogP contribution in [0.4, 0.5) is 0 Å². The molecule has 4 heteroatoms. The molecular formula is C10H13NO3. The minimum atomic E-state index is -1.01. The number of aromatic carboxylic acids is 1. The molecule has 1 aromatic rings. The van der Waals surface area contributed by atoms with Crippen LogP contribution < -0.4 is 0 Å². The van der Waals surface area contributed by atoms with Crippen LogP contribution in [0.25, 0.3) is 0 Å². The third kappa shape index (κ3) is 1.52. The predicted octanol–water partition coefficient (Wildman–Crippen LogP) is 2.19. The van der Waals surface area contributed by atoms with Crippen molar-refractivity contribution in [1.82, 2.24) is 4.98 Å². The van der Waals surface area contributed by atoms with Crippen molar-refractivity contribution in [3.05, 3.63) is 17.3 Å². The summed E-state index contributed by atoms with van der Waals surface area (Å²) in [6.45, 7) is 3.67. The van der Waals surface area contributed by atoms with E-state index in [0.29, 0.717) is 17.6 Å². The van der Waals surface area contributed by atoms with Gasteiger partial charge in [0, 0.05) is 5.92 Å². The van der Waals surface area contributed by atoms with Gasteiger partial charge in [-0.2, -0.15) is 0 Å². The largest absolute Gasteiger partial charge is 0.476 e. The van der Waals surface area contributed by atoms with Crippen molar-refractivity contribution in [2.45, 2.75) is 32.6 Å². The Morgan fingerprint density at radius 3 is 2.71 bits per heavy atom. The molecule has 0 radical (unpaired) electrons. The van der Waals surface area contributed by atoms with Crippen molar-refractivity contribution < 1.29 is 14.3 Å². The van der Waals surface area contributed by atoms with Gasteiger partial charge in [-0.25, -0.2) is 9.78 Å². The summed E-state index contributed by atoms with van der Waals surface area (Å²) in [6, 6.07) is 0. The first kappa shape index (κ1) is 9.24. The Balaban J connectivity index is 2.26. The van der Waals surface area contributed by atoms with E-state index < -0.39 is 5.97 Å². The second-order valence-corrected chi connectivity index (χ2v) is 3.89. The van der Waals surface area contributed by atoms with Gasteiger partial charge in [0.2, 0.25) is 0 Å². The first-order valence-corrected chi connectivity index (χ1v) is 4.80. The molecule has 1 aromatic heterocycles. The maximum Gasteiger partial charge on any atom is 0.358 e. The van der Waals surface area contributed by atoms with Crippen LogP contribution in [0.3, 0.4) is 0 Å². The van der Waals surface area contributed by atoms with E-state index in [1.807, 2.05) is 6.92 Å². The number of carboxylic acid groups (broad SMARTS) is 1. The highest BCUT2D eigenvalue weighted by molar-refractivity contribution is 5.86. The highest BCUT2D eigenvalue weighted by Gasteiger charge is 2.33. The second kappa shape index (κ2) is 3.12. The van der Waals surface area contributed by atoms with Gasteiger partial charge in [-0.05, 0) is 25.7 Å². The summed E-state index contributed by atoms with van der Waals surface area (Å²) in [6.07, 6.45) is 2.40. The molecule has 1 aliphatic carbocycles. The predicted molar refractivity (Wildman–Crippen MR) is 49.3 cm³/mol. The van der Waals surface area contributed by atoms with Crippen LogP contribution in [-0.2, 0) is 0 Å². The normalized spacial score (nSPS) is 18.1. The number of aryl methyl sites for hydroxylation is 1. The third-order valence-electron chi connectivity index (χ3n) is 2.73. The van der Waals surface area contributed by atoms with Crippen LogP contribution in [-0.4, -0.2) is 16.1 Å². The first-order valence-electron chi connectivity index (χ1n) is 4.80. The number of aromatic nitrogens is 1. The van der Waals surface area contributed by atoms with Crippen LogP contribution in [0, 0.1) is 12.8 Å². The Morgan fingerprint density at radius 2 is 2.29 bits per heavy atom. The highest BCUT2D eigenvalue weighted by Crippen LogP contribution is 2.42.